The third-order valence-electron chi connectivity index (χ3n) is 6.47. The number of pyridine rings is 2. The van der Waals surface area contributed by atoms with Crippen LogP contribution in [0.1, 0.15) is 22.0 Å². The molecule has 0 amide bonds. The number of aliphatic hydroxyl groups excluding tert-OH is 1. The minimum atomic E-state index is -1.39. The normalized spacial score (nSPS) is 15.9. The number of carboxylic acid groups (broad SMARTS) is 1. The summed E-state index contributed by atoms with van der Waals surface area (Å²) in [7, 11) is 1.51. The van der Waals surface area contributed by atoms with Gasteiger partial charge < -0.3 is 29.7 Å². The molecule has 9 nitrogen and oxygen atoms in total. The molecule has 0 radical (unpaired) electrons. The van der Waals surface area contributed by atoms with Crippen molar-refractivity contribution < 1.29 is 28.5 Å². The van der Waals surface area contributed by atoms with E-state index in [1.165, 1.54) is 17.7 Å². The quantitative estimate of drug-likeness (QED) is 0.339. The van der Waals surface area contributed by atoms with Gasteiger partial charge in [0, 0.05) is 44.3 Å². The number of aromatic nitrogens is 2. The van der Waals surface area contributed by atoms with Crippen LogP contribution in [0.15, 0.2) is 47.4 Å². The number of hydrogen-bond donors (Lipinski definition) is 3. The van der Waals surface area contributed by atoms with Gasteiger partial charge in [0.25, 0.3) is 0 Å². The van der Waals surface area contributed by atoms with E-state index in [0.717, 1.165) is 17.8 Å². The summed E-state index contributed by atoms with van der Waals surface area (Å²) in [5.41, 5.74) is -0.522. The number of piperazine rings is 1. The number of aromatic carboxylic acids is 1. The van der Waals surface area contributed by atoms with Crippen molar-refractivity contribution in [2.24, 2.45) is 7.05 Å². The lowest BCUT2D eigenvalue weighted by Crippen LogP contribution is -2.46. The first-order valence-corrected chi connectivity index (χ1v) is 11.7. The van der Waals surface area contributed by atoms with Gasteiger partial charge in [0.2, 0.25) is 5.43 Å². The van der Waals surface area contributed by atoms with Crippen molar-refractivity contribution in [3.05, 3.63) is 75.6 Å². The summed E-state index contributed by atoms with van der Waals surface area (Å²) >= 11 is 0. The SMILES string of the molecule is Cn1cc(C(=O)O)c(=O)c2cc3cc(F)c(N4CCNC(c5ccc(OCCO)cc5)C4)c(F)c3nc21. The zero-order chi connectivity index (χ0) is 26.3. The topological polar surface area (TPSA) is 117 Å². The zero-order valence-corrected chi connectivity index (χ0v) is 19.9. The highest BCUT2D eigenvalue weighted by Gasteiger charge is 2.27. The second-order valence-electron chi connectivity index (χ2n) is 8.83. The number of halogens is 2. The first kappa shape index (κ1) is 24.6. The van der Waals surface area contributed by atoms with E-state index in [-0.39, 0.29) is 46.9 Å². The first-order valence-electron chi connectivity index (χ1n) is 11.7. The number of carboxylic acids is 1. The highest BCUT2D eigenvalue weighted by Crippen LogP contribution is 2.33. The van der Waals surface area contributed by atoms with Crippen molar-refractivity contribution in [2.75, 3.05) is 37.7 Å². The van der Waals surface area contributed by atoms with Crippen LogP contribution in [0, 0.1) is 11.6 Å². The number of nitrogens with zero attached hydrogens (tertiary/aromatic N) is 3. The van der Waals surface area contributed by atoms with Gasteiger partial charge in [-0.3, -0.25) is 4.79 Å². The predicted octanol–water partition coefficient (Wildman–Crippen LogP) is 2.59. The molecule has 0 saturated carbocycles. The van der Waals surface area contributed by atoms with Crippen molar-refractivity contribution in [3.8, 4) is 5.75 Å². The molecule has 5 rings (SSSR count). The number of hydrogen-bond acceptors (Lipinski definition) is 7. The molecule has 2 aromatic carbocycles. The number of rotatable bonds is 6. The average molecular weight is 510 g/mol. The van der Waals surface area contributed by atoms with E-state index in [1.807, 2.05) is 12.1 Å². The summed E-state index contributed by atoms with van der Waals surface area (Å²) in [6, 6.07) is 9.48. The van der Waals surface area contributed by atoms with E-state index < -0.39 is 28.6 Å². The maximum absolute atomic E-state index is 15.8. The van der Waals surface area contributed by atoms with Crippen LogP contribution in [0.5, 0.6) is 5.75 Å². The number of aliphatic hydroxyl groups is 1. The van der Waals surface area contributed by atoms with Crippen molar-refractivity contribution in [2.45, 2.75) is 6.04 Å². The Kier molecular flexibility index (Phi) is 6.48. The molecule has 0 spiro atoms. The highest BCUT2D eigenvalue weighted by molar-refractivity contribution is 5.97. The van der Waals surface area contributed by atoms with Crippen LogP contribution in [-0.2, 0) is 7.05 Å². The van der Waals surface area contributed by atoms with Gasteiger partial charge in [-0.2, -0.15) is 0 Å². The Morgan fingerprint density at radius 1 is 1.24 bits per heavy atom. The molecular weight excluding hydrogens is 486 g/mol. The molecule has 1 fully saturated rings. The molecule has 1 atom stereocenters. The monoisotopic (exact) mass is 510 g/mol. The summed E-state index contributed by atoms with van der Waals surface area (Å²) in [5, 5.41) is 21.6. The van der Waals surface area contributed by atoms with Crippen LogP contribution in [0.2, 0.25) is 0 Å². The maximum Gasteiger partial charge on any atom is 0.341 e. The number of ether oxygens (including phenoxy) is 1. The fraction of sp³-hybridized carbons (Fsp3) is 0.269. The van der Waals surface area contributed by atoms with E-state index >= 15 is 8.78 Å². The van der Waals surface area contributed by atoms with Crippen LogP contribution < -0.4 is 20.4 Å². The fourth-order valence-electron chi connectivity index (χ4n) is 4.70. The van der Waals surface area contributed by atoms with Crippen LogP contribution >= 0.6 is 0 Å². The van der Waals surface area contributed by atoms with E-state index in [9.17, 15) is 14.7 Å². The summed E-state index contributed by atoms with van der Waals surface area (Å²) in [4.78, 5) is 30.0. The Hall–Kier alpha value is -4.09. The Morgan fingerprint density at radius 2 is 2.00 bits per heavy atom. The Bertz CT molecular complexity index is 1570. The molecule has 1 aliphatic rings. The standard InChI is InChI=1S/C26H24F2N4O5/c1-31-12-18(26(35)36)24(34)17-10-15-11-19(27)23(21(28)22(15)30-25(17)31)32-7-6-29-20(13-32)14-2-4-16(5-3-14)37-9-8-33/h2-5,10-12,20,29,33H,6-9,13H2,1H3,(H,35,36). The van der Waals surface area contributed by atoms with Crippen molar-refractivity contribution in [1.29, 1.82) is 0 Å². The fourth-order valence-corrected chi connectivity index (χ4v) is 4.70. The Labute approximate surface area is 209 Å². The number of anilines is 1. The number of nitrogens with one attached hydrogen (secondary N) is 1. The molecule has 1 unspecified atom stereocenters. The smallest absolute Gasteiger partial charge is 0.341 e. The molecule has 0 aliphatic carbocycles. The molecule has 3 heterocycles. The van der Waals surface area contributed by atoms with E-state index in [4.69, 9.17) is 9.84 Å². The number of fused-ring (bicyclic) bond motifs is 2. The first-order chi connectivity index (χ1) is 17.8. The number of benzene rings is 2. The molecule has 4 aromatic rings. The summed E-state index contributed by atoms with van der Waals surface area (Å²) < 4.78 is 37.8. The van der Waals surface area contributed by atoms with Crippen molar-refractivity contribution in [3.63, 3.8) is 0 Å². The molecule has 2 aromatic heterocycles. The number of aryl methyl sites for hydroxylation is 1. The molecule has 3 N–H and O–H groups in total. The molecule has 0 bridgehead atoms. The molecular formula is C26H24F2N4O5. The van der Waals surface area contributed by atoms with E-state index in [1.54, 1.807) is 17.0 Å². The minimum Gasteiger partial charge on any atom is -0.491 e. The average Bonchev–Trinajstić information content (AvgIpc) is 2.89. The van der Waals surface area contributed by atoms with Gasteiger partial charge in [0.15, 0.2) is 5.82 Å². The van der Waals surface area contributed by atoms with Gasteiger partial charge in [-0.05, 0) is 29.8 Å². The third-order valence-corrected chi connectivity index (χ3v) is 6.47. The lowest BCUT2D eigenvalue weighted by molar-refractivity contribution is 0.0695. The Balaban J connectivity index is 1.52. The van der Waals surface area contributed by atoms with E-state index in [2.05, 4.69) is 10.3 Å². The summed E-state index contributed by atoms with van der Waals surface area (Å²) in [6.07, 6.45) is 1.13. The van der Waals surface area contributed by atoms with Gasteiger partial charge in [0.1, 0.15) is 40.6 Å². The van der Waals surface area contributed by atoms with Crippen LogP contribution in [0.25, 0.3) is 21.9 Å². The van der Waals surface area contributed by atoms with Crippen molar-refractivity contribution in [1.82, 2.24) is 14.9 Å². The molecule has 1 saturated heterocycles. The lowest BCUT2D eigenvalue weighted by Gasteiger charge is -2.36. The Morgan fingerprint density at radius 3 is 2.70 bits per heavy atom. The van der Waals surface area contributed by atoms with Crippen LogP contribution in [0.4, 0.5) is 14.5 Å². The minimum absolute atomic E-state index is 0.0323. The second kappa shape index (κ2) is 9.75. The van der Waals surface area contributed by atoms with Gasteiger partial charge in [-0.15, -0.1) is 0 Å². The molecule has 11 heteroatoms. The maximum atomic E-state index is 15.8. The predicted molar refractivity (Wildman–Crippen MR) is 133 cm³/mol. The summed E-state index contributed by atoms with van der Waals surface area (Å²) in [5.74, 6) is -2.43. The van der Waals surface area contributed by atoms with E-state index in [0.29, 0.717) is 25.4 Å². The highest BCUT2D eigenvalue weighted by atomic mass is 19.1. The number of carbonyl (C=O) groups is 1. The van der Waals surface area contributed by atoms with Crippen molar-refractivity contribution >= 4 is 33.6 Å². The molecule has 192 valence electrons. The zero-order valence-electron chi connectivity index (χ0n) is 19.9. The van der Waals surface area contributed by atoms with Crippen LogP contribution in [0.3, 0.4) is 0 Å². The lowest BCUT2D eigenvalue weighted by atomic mass is 10.0. The van der Waals surface area contributed by atoms with Gasteiger partial charge in [0.05, 0.1) is 12.0 Å². The van der Waals surface area contributed by atoms with Crippen LogP contribution in [-0.4, -0.2) is 58.6 Å². The molecule has 1 aliphatic heterocycles. The molecule has 37 heavy (non-hydrogen) atoms. The third kappa shape index (κ3) is 4.47. The van der Waals surface area contributed by atoms with Gasteiger partial charge >= 0.3 is 5.97 Å². The van der Waals surface area contributed by atoms with Gasteiger partial charge in [-0.25, -0.2) is 18.6 Å². The summed E-state index contributed by atoms with van der Waals surface area (Å²) in [6.45, 7) is 1.25. The second-order valence-corrected chi connectivity index (χ2v) is 8.83. The largest absolute Gasteiger partial charge is 0.491 e. The van der Waals surface area contributed by atoms with Gasteiger partial charge in [-0.1, -0.05) is 12.1 Å².